The molecule has 0 aliphatic carbocycles. The number of carbonyl (C=O) groups is 2. The molecule has 0 unspecified atom stereocenters. The molecule has 2 aromatic rings. The van der Waals surface area contributed by atoms with Gasteiger partial charge < -0.3 is 20.7 Å². The smallest absolute Gasteiger partial charge is 0.269 e. The van der Waals surface area contributed by atoms with Gasteiger partial charge in [0.15, 0.2) is 0 Å². The van der Waals surface area contributed by atoms with Crippen LogP contribution in [0.3, 0.4) is 0 Å². The number of hydrogen-bond donors (Lipinski definition) is 3. The van der Waals surface area contributed by atoms with Gasteiger partial charge in [0.1, 0.15) is 5.69 Å². The molecule has 0 bridgehead atoms. The molecule has 0 radical (unpaired) electrons. The molecule has 3 rings (SSSR count). The van der Waals surface area contributed by atoms with Crippen molar-refractivity contribution in [3.05, 3.63) is 65.0 Å². The third kappa shape index (κ3) is 5.62. The third-order valence-corrected chi connectivity index (χ3v) is 5.07. The highest BCUT2D eigenvalue weighted by atomic mass is 16.5. The summed E-state index contributed by atoms with van der Waals surface area (Å²) in [6, 6.07) is 13.2. The highest BCUT2D eigenvalue weighted by Crippen LogP contribution is 2.23. The Kier molecular flexibility index (Phi) is 7.32. The second kappa shape index (κ2) is 10.1. The first-order valence-electron chi connectivity index (χ1n) is 9.98. The number of benzene rings is 1. The number of ether oxygens (including phenoxy) is 1. The van der Waals surface area contributed by atoms with Gasteiger partial charge in [0, 0.05) is 43.9 Å². The monoisotopic (exact) mass is 396 g/mol. The number of morpholine rings is 1. The molecule has 7 nitrogen and oxygen atoms in total. The topological polar surface area (TPSA) is 92.4 Å². The molecule has 7 heteroatoms. The van der Waals surface area contributed by atoms with Gasteiger partial charge in [-0.05, 0) is 24.1 Å². The van der Waals surface area contributed by atoms with E-state index in [-0.39, 0.29) is 29.5 Å². The normalized spacial score (nSPS) is 17.4. The Morgan fingerprint density at radius 2 is 2.03 bits per heavy atom. The highest BCUT2D eigenvalue weighted by Gasteiger charge is 2.19. The van der Waals surface area contributed by atoms with Crippen LogP contribution in [-0.2, 0) is 4.74 Å². The largest absolute Gasteiger partial charge is 0.376 e. The van der Waals surface area contributed by atoms with E-state index in [1.165, 1.54) is 6.07 Å². The summed E-state index contributed by atoms with van der Waals surface area (Å²) in [6.45, 7) is 4.88. The molecule has 1 aromatic heterocycles. The molecule has 1 fully saturated rings. The van der Waals surface area contributed by atoms with Crippen LogP contribution in [0.25, 0.3) is 0 Å². The van der Waals surface area contributed by atoms with E-state index in [4.69, 9.17) is 4.74 Å². The average Bonchev–Trinajstić information content (AvgIpc) is 2.79. The van der Waals surface area contributed by atoms with E-state index in [1.54, 1.807) is 13.1 Å². The zero-order valence-corrected chi connectivity index (χ0v) is 16.9. The van der Waals surface area contributed by atoms with Crippen LogP contribution < -0.4 is 16.0 Å². The zero-order valence-electron chi connectivity index (χ0n) is 16.9. The van der Waals surface area contributed by atoms with Crippen LogP contribution in [-0.4, -0.2) is 56.2 Å². The van der Waals surface area contributed by atoms with E-state index in [2.05, 4.69) is 20.9 Å². The molecular formula is C22H28N4O3. The van der Waals surface area contributed by atoms with Crippen molar-refractivity contribution in [2.24, 2.45) is 0 Å². The fraction of sp³-hybridized carbons (Fsp3) is 0.409. The summed E-state index contributed by atoms with van der Waals surface area (Å²) in [5, 5.41) is 8.79. The summed E-state index contributed by atoms with van der Waals surface area (Å²) in [5.74, 6) is -0.584. The number of pyridine rings is 1. The molecule has 1 aliphatic rings. The van der Waals surface area contributed by atoms with Crippen molar-refractivity contribution in [1.29, 1.82) is 0 Å². The Balaban J connectivity index is 1.75. The summed E-state index contributed by atoms with van der Waals surface area (Å²) < 4.78 is 5.65. The number of hydrogen-bond acceptors (Lipinski definition) is 5. The van der Waals surface area contributed by atoms with Crippen LogP contribution in [0.15, 0.2) is 42.5 Å². The lowest BCUT2D eigenvalue weighted by molar-refractivity contribution is 0.0239. The third-order valence-electron chi connectivity index (χ3n) is 5.07. The van der Waals surface area contributed by atoms with E-state index in [1.807, 2.05) is 37.3 Å². The fourth-order valence-electron chi connectivity index (χ4n) is 3.32. The van der Waals surface area contributed by atoms with Crippen molar-refractivity contribution in [1.82, 2.24) is 20.9 Å². The molecule has 1 aromatic carbocycles. The van der Waals surface area contributed by atoms with Gasteiger partial charge in [-0.25, -0.2) is 4.98 Å². The maximum Gasteiger partial charge on any atom is 0.269 e. The standard InChI is InChI=1S/C22H28N4O3/c1-15(16-6-4-3-5-7-16)19-12-17(13-20(26-19)22(28)23-2)21(27)25-9-8-18-14-24-10-11-29-18/h3-7,12-13,15,18,24H,8-11,14H2,1-2H3,(H,23,28)(H,25,27)/t15-,18-/m0/s1. The highest BCUT2D eigenvalue weighted by molar-refractivity contribution is 5.98. The van der Waals surface area contributed by atoms with Crippen molar-refractivity contribution in [2.45, 2.75) is 25.4 Å². The summed E-state index contributed by atoms with van der Waals surface area (Å²) in [7, 11) is 1.55. The zero-order chi connectivity index (χ0) is 20.6. The first-order valence-corrected chi connectivity index (χ1v) is 9.98. The number of nitrogens with zero attached hydrogens (tertiary/aromatic N) is 1. The quantitative estimate of drug-likeness (QED) is 0.663. The van der Waals surface area contributed by atoms with Gasteiger partial charge in [-0.15, -0.1) is 0 Å². The van der Waals surface area contributed by atoms with Crippen molar-refractivity contribution in [2.75, 3.05) is 33.3 Å². The minimum Gasteiger partial charge on any atom is -0.376 e. The molecule has 154 valence electrons. The molecule has 0 spiro atoms. The maximum absolute atomic E-state index is 12.7. The molecule has 1 saturated heterocycles. The number of aromatic nitrogens is 1. The summed E-state index contributed by atoms with van der Waals surface area (Å²) in [4.78, 5) is 29.4. The number of rotatable bonds is 7. The second-order valence-corrected chi connectivity index (χ2v) is 7.12. The Hall–Kier alpha value is -2.77. The Morgan fingerprint density at radius 3 is 2.72 bits per heavy atom. The van der Waals surface area contributed by atoms with E-state index in [9.17, 15) is 9.59 Å². The maximum atomic E-state index is 12.7. The predicted octanol–water partition coefficient (Wildman–Crippen LogP) is 1.70. The summed E-state index contributed by atoms with van der Waals surface area (Å²) >= 11 is 0. The number of nitrogens with one attached hydrogen (secondary N) is 3. The van der Waals surface area contributed by atoms with Gasteiger partial charge in [0.05, 0.1) is 12.7 Å². The fourth-order valence-corrected chi connectivity index (χ4v) is 3.32. The van der Waals surface area contributed by atoms with Crippen LogP contribution in [0.4, 0.5) is 0 Å². The minimum atomic E-state index is -0.317. The number of amides is 2. The lowest BCUT2D eigenvalue weighted by Crippen LogP contribution is -2.40. The Bertz CT molecular complexity index is 835. The molecule has 0 saturated carbocycles. The van der Waals surface area contributed by atoms with Crippen molar-refractivity contribution in [3.63, 3.8) is 0 Å². The van der Waals surface area contributed by atoms with Crippen molar-refractivity contribution < 1.29 is 14.3 Å². The van der Waals surface area contributed by atoms with Crippen LogP contribution in [0.1, 0.15) is 51.4 Å². The lowest BCUT2D eigenvalue weighted by atomic mass is 9.96. The molecule has 3 N–H and O–H groups in total. The molecular weight excluding hydrogens is 368 g/mol. The van der Waals surface area contributed by atoms with Crippen LogP contribution in [0, 0.1) is 0 Å². The molecule has 2 heterocycles. The van der Waals surface area contributed by atoms with E-state index < -0.39 is 0 Å². The van der Waals surface area contributed by atoms with Gasteiger partial charge in [0.2, 0.25) is 0 Å². The summed E-state index contributed by atoms with van der Waals surface area (Å²) in [5.41, 5.74) is 2.42. The van der Waals surface area contributed by atoms with Crippen LogP contribution in [0.2, 0.25) is 0 Å². The van der Waals surface area contributed by atoms with E-state index in [0.29, 0.717) is 24.4 Å². The summed E-state index contributed by atoms with van der Waals surface area (Å²) in [6.07, 6.45) is 0.843. The van der Waals surface area contributed by atoms with Gasteiger partial charge in [-0.3, -0.25) is 9.59 Å². The van der Waals surface area contributed by atoms with E-state index in [0.717, 1.165) is 25.1 Å². The van der Waals surface area contributed by atoms with Gasteiger partial charge in [0.25, 0.3) is 11.8 Å². The SMILES string of the molecule is CNC(=O)c1cc(C(=O)NCC[C@H]2CNCCO2)cc([C@@H](C)c2ccccc2)n1. The van der Waals surface area contributed by atoms with Gasteiger partial charge in [-0.2, -0.15) is 0 Å². The molecule has 29 heavy (non-hydrogen) atoms. The second-order valence-electron chi connectivity index (χ2n) is 7.12. The van der Waals surface area contributed by atoms with Gasteiger partial charge in [-0.1, -0.05) is 37.3 Å². The first kappa shape index (κ1) is 21.0. The van der Waals surface area contributed by atoms with Crippen molar-refractivity contribution in [3.8, 4) is 0 Å². The molecule has 1 aliphatic heterocycles. The Morgan fingerprint density at radius 1 is 1.24 bits per heavy atom. The Labute approximate surface area is 171 Å². The first-order chi connectivity index (χ1) is 14.1. The minimum absolute atomic E-state index is 0.0472. The van der Waals surface area contributed by atoms with Crippen LogP contribution in [0.5, 0.6) is 0 Å². The van der Waals surface area contributed by atoms with Gasteiger partial charge >= 0.3 is 0 Å². The van der Waals surface area contributed by atoms with E-state index >= 15 is 0 Å². The van der Waals surface area contributed by atoms with Crippen LogP contribution >= 0.6 is 0 Å². The molecule has 2 amide bonds. The number of carbonyl (C=O) groups excluding carboxylic acids is 2. The van der Waals surface area contributed by atoms with Crippen molar-refractivity contribution >= 4 is 11.8 Å². The lowest BCUT2D eigenvalue weighted by Gasteiger charge is -2.23. The average molecular weight is 396 g/mol. The molecule has 2 atom stereocenters. The predicted molar refractivity (Wildman–Crippen MR) is 111 cm³/mol.